The van der Waals surface area contributed by atoms with Crippen LogP contribution in [0.3, 0.4) is 0 Å². The molecule has 10 nitrogen and oxygen atoms in total. The van der Waals surface area contributed by atoms with E-state index in [0.717, 1.165) is 5.69 Å². The summed E-state index contributed by atoms with van der Waals surface area (Å²) >= 11 is 0. The largest absolute Gasteiger partial charge is 0.377 e. The van der Waals surface area contributed by atoms with Crippen molar-refractivity contribution in [2.45, 2.75) is 43.4 Å². The van der Waals surface area contributed by atoms with Crippen LogP contribution in [0.25, 0.3) is 0 Å². The molecule has 12 heteroatoms. The minimum atomic E-state index is -3.61. The van der Waals surface area contributed by atoms with Crippen molar-refractivity contribution in [3.8, 4) is 0 Å². The number of H-pyrrole nitrogens is 1. The molecule has 2 aliphatic heterocycles. The van der Waals surface area contributed by atoms with Crippen LogP contribution in [0.15, 0.2) is 21.4 Å². The first kappa shape index (κ1) is 22.2. The topological polar surface area (TPSA) is 148 Å². The molecule has 0 saturated carbocycles. The number of morpholine rings is 1. The van der Waals surface area contributed by atoms with Gasteiger partial charge in [-0.05, 0) is 39.8 Å². The van der Waals surface area contributed by atoms with E-state index in [4.69, 9.17) is 14.5 Å². The molecule has 170 valence electrons. The molecule has 4 heterocycles. The Morgan fingerprint density at radius 1 is 1.39 bits per heavy atom. The van der Waals surface area contributed by atoms with Gasteiger partial charge in [0.25, 0.3) is 0 Å². The number of anilines is 1. The fraction of sp³-hybridized carbons (Fsp3) is 0.526. The fourth-order valence-corrected chi connectivity index (χ4v) is 5.93. The molecule has 0 spiro atoms. The predicted molar refractivity (Wildman–Crippen MR) is 122 cm³/mol. The molecule has 0 aromatic carbocycles. The highest BCUT2D eigenvalue weighted by Gasteiger charge is 2.43. The molecule has 0 radical (unpaired) electrons. The lowest BCUT2D eigenvalue weighted by Gasteiger charge is -2.37. The Hall–Kier alpha value is -1.99. The normalized spacial score (nSPS) is 23.8. The number of aromatic amines is 1. The quantitative estimate of drug-likeness (QED) is 0.539. The number of aromatic nitrogens is 3. The number of pyridine rings is 1. The first-order chi connectivity index (χ1) is 14.3. The Balaban J connectivity index is 2.01. The van der Waals surface area contributed by atoms with E-state index in [1.807, 2.05) is 13.8 Å². The number of fused-ring (bicyclic) bond motifs is 1. The molecule has 2 atom stereocenters. The fourth-order valence-electron chi connectivity index (χ4n) is 3.75. The standard InChI is InChI=1S/C19H28N6O4S2/c1-11-8-14(23-22-11)16-17-18(31(27,28)24-16)13(19(3,4)30(5,20)26)9-15(21-17)25-6-7-29-10-12(25)2/h8-9,12,20,27-28H,6-7,10H2,1-5H3,(H,22,23). The smallest absolute Gasteiger partial charge is 0.138 e. The number of hydrogen-bond donors (Lipinski definition) is 4. The summed E-state index contributed by atoms with van der Waals surface area (Å²) in [6, 6.07) is 3.53. The SMILES string of the molecule is Cc1cc(C2=NS(O)(O)c3c(C(C)(C)S(C)(=N)=O)cc(N4CCOCC4C)nc32)n[nH]1. The van der Waals surface area contributed by atoms with E-state index in [2.05, 4.69) is 19.5 Å². The molecule has 1 saturated heterocycles. The highest BCUT2D eigenvalue weighted by molar-refractivity contribution is 8.23. The van der Waals surface area contributed by atoms with E-state index in [1.165, 1.54) is 6.26 Å². The summed E-state index contributed by atoms with van der Waals surface area (Å²) in [6.07, 6.45) is 1.36. The van der Waals surface area contributed by atoms with Gasteiger partial charge in [0.15, 0.2) is 0 Å². The van der Waals surface area contributed by atoms with Crippen molar-refractivity contribution in [1.82, 2.24) is 15.2 Å². The zero-order chi connectivity index (χ0) is 22.8. The Bertz CT molecular complexity index is 1170. The third kappa shape index (κ3) is 3.65. The van der Waals surface area contributed by atoms with Gasteiger partial charge in [0.1, 0.15) is 27.8 Å². The van der Waals surface area contributed by atoms with E-state index in [1.54, 1.807) is 26.0 Å². The van der Waals surface area contributed by atoms with Crippen LogP contribution in [0.5, 0.6) is 0 Å². The van der Waals surface area contributed by atoms with Gasteiger partial charge in [-0.25, -0.2) is 9.19 Å². The van der Waals surface area contributed by atoms with Crippen LogP contribution in [0.2, 0.25) is 0 Å². The minimum Gasteiger partial charge on any atom is -0.377 e. The first-order valence-corrected chi connectivity index (χ1v) is 13.3. The molecule has 2 unspecified atom stereocenters. The van der Waals surface area contributed by atoms with Crippen LogP contribution < -0.4 is 4.90 Å². The predicted octanol–water partition coefficient (Wildman–Crippen LogP) is 3.13. The average Bonchev–Trinajstić information content (AvgIpc) is 3.21. The summed E-state index contributed by atoms with van der Waals surface area (Å²) in [5, 5.41) is 7.07. The molecular weight excluding hydrogens is 440 g/mol. The molecular formula is C19H28N6O4S2. The minimum absolute atomic E-state index is 0.0482. The Morgan fingerprint density at radius 2 is 2.10 bits per heavy atom. The maximum Gasteiger partial charge on any atom is 0.138 e. The molecule has 2 aliphatic rings. The van der Waals surface area contributed by atoms with Gasteiger partial charge in [0.05, 0.1) is 33.7 Å². The van der Waals surface area contributed by atoms with Crippen molar-refractivity contribution in [2.24, 2.45) is 4.40 Å². The van der Waals surface area contributed by atoms with Gasteiger partial charge in [-0.15, -0.1) is 0 Å². The van der Waals surface area contributed by atoms with Crippen molar-refractivity contribution in [2.75, 3.05) is 30.9 Å². The van der Waals surface area contributed by atoms with Crippen LogP contribution in [-0.2, 0) is 19.2 Å². The molecule has 4 rings (SSSR count). The number of nitrogens with one attached hydrogen (secondary N) is 2. The lowest BCUT2D eigenvalue weighted by Crippen LogP contribution is -2.44. The van der Waals surface area contributed by atoms with Crippen LogP contribution >= 0.6 is 10.8 Å². The average molecular weight is 469 g/mol. The van der Waals surface area contributed by atoms with Crippen LogP contribution in [0.4, 0.5) is 5.82 Å². The van der Waals surface area contributed by atoms with Crippen molar-refractivity contribution >= 4 is 32.0 Å². The number of nitrogens with zero attached hydrogens (tertiary/aromatic N) is 4. The summed E-state index contributed by atoms with van der Waals surface area (Å²) in [6.45, 7) is 8.90. The number of rotatable bonds is 4. The van der Waals surface area contributed by atoms with Crippen LogP contribution in [0, 0.1) is 11.7 Å². The summed E-state index contributed by atoms with van der Waals surface area (Å²) in [5.74, 6) is 0.596. The Morgan fingerprint density at radius 3 is 2.68 bits per heavy atom. The van der Waals surface area contributed by atoms with Gasteiger partial charge in [0, 0.05) is 24.1 Å². The van der Waals surface area contributed by atoms with E-state index in [9.17, 15) is 13.3 Å². The van der Waals surface area contributed by atoms with Gasteiger partial charge >= 0.3 is 0 Å². The van der Waals surface area contributed by atoms with Crippen molar-refractivity contribution < 1.29 is 18.1 Å². The lowest BCUT2D eigenvalue weighted by atomic mass is 9.99. The van der Waals surface area contributed by atoms with E-state index in [-0.39, 0.29) is 16.6 Å². The number of aryl methyl sites for hydroxylation is 1. The summed E-state index contributed by atoms with van der Waals surface area (Å²) in [7, 11) is -6.73. The van der Waals surface area contributed by atoms with E-state index < -0.39 is 25.3 Å². The first-order valence-electron chi connectivity index (χ1n) is 9.87. The van der Waals surface area contributed by atoms with Crippen molar-refractivity contribution in [3.63, 3.8) is 0 Å². The van der Waals surface area contributed by atoms with Gasteiger partial charge in [-0.3, -0.25) is 19.0 Å². The number of ether oxygens (including phenoxy) is 1. The molecule has 0 aliphatic carbocycles. The van der Waals surface area contributed by atoms with E-state index >= 15 is 0 Å². The lowest BCUT2D eigenvalue weighted by molar-refractivity contribution is 0.0985. The monoisotopic (exact) mass is 468 g/mol. The van der Waals surface area contributed by atoms with E-state index in [0.29, 0.717) is 42.5 Å². The second kappa shape index (κ2) is 7.27. The van der Waals surface area contributed by atoms with Crippen molar-refractivity contribution in [3.05, 3.63) is 34.8 Å². The molecule has 31 heavy (non-hydrogen) atoms. The van der Waals surface area contributed by atoms with Crippen LogP contribution in [-0.4, -0.2) is 66.3 Å². The molecule has 4 N–H and O–H groups in total. The maximum atomic E-state index is 12.9. The summed E-state index contributed by atoms with van der Waals surface area (Å²) in [5.41, 5.74) is 2.22. The molecule has 0 amide bonds. The zero-order valence-corrected chi connectivity index (χ0v) is 19.8. The second-order valence-corrected chi connectivity index (χ2v) is 12.9. The van der Waals surface area contributed by atoms with Gasteiger partial charge < -0.3 is 9.64 Å². The van der Waals surface area contributed by atoms with Crippen LogP contribution in [0.1, 0.15) is 43.4 Å². The van der Waals surface area contributed by atoms with Gasteiger partial charge in [0.2, 0.25) is 0 Å². The molecule has 0 bridgehead atoms. The highest BCUT2D eigenvalue weighted by atomic mass is 32.3. The Labute approximate surface area is 183 Å². The maximum absolute atomic E-state index is 12.9. The number of hydrogen-bond acceptors (Lipinski definition) is 9. The highest BCUT2D eigenvalue weighted by Crippen LogP contribution is 2.60. The zero-order valence-electron chi connectivity index (χ0n) is 18.2. The summed E-state index contributed by atoms with van der Waals surface area (Å²) < 4.78 is 51.7. The molecule has 2 aromatic heterocycles. The molecule has 1 fully saturated rings. The third-order valence-electron chi connectivity index (χ3n) is 5.91. The third-order valence-corrected chi connectivity index (χ3v) is 9.47. The Kier molecular flexibility index (Phi) is 5.21. The molecule has 2 aromatic rings. The summed E-state index contributed by atoms with van der Waals surface area (Å²) in [4.78, 5) is 6.98. The second-order valence-electron chi connectivity index (χ2n) is 8.57. The van der Waals surface area contributed by atoms with Gasteiger partial charge in [-0.2, -0.15) is 9.50 Å². The van der Waals surface area contributed by atoms with Crippen molar-refractivity contribution in [1.29, 1.82) is 4.78 Å². The van der Waals surface area contributed by atoms with Gasteiger partial charge in [-0.1, -0.05) is 10.8 Å².